The van der Waals surface area contributed by atoms with E-state index in [1.807, 2.05) is 0 Å². The van der Waals surface area contributed by atoms with Crippen molar-refractivity contribution >= 4 is 20.6 Å². The summed E-state index contributed by atoms with van der Waals surface area (Å²) in [4.78, 5) is 0. The highest BCUT2D eigenvalue weighted by atomic mass is 32.3. The van der Waals surface area contributed by atoms with Crippen LogP contribution in [0.5, 0.6) is 0 Å². The van der Waals surface area contributed by atoms with Gasteiger partial charge in [0.2, 0.25) is 0 Å². The van der Waals surface area contributed by atoms with Crippen LogP contribution in [0.15, 0.2) is 38.6 Å². The van der Waals surface area contributed by atoms with E-state index in [-0.39, 0.29) is 4.21 Å². The van der Waals surface area contributed by atoms with Gasteiger partial charge in [0.1, 0.15) is 11.6 Å². The molecule has 0 amide bonds. The van der Waals surface area contributed by atoms with Crippen molar-refractivity contribution in [3.8, 4) is 5.03 Å². The second kappa shape index (κ2) is 3.19. The molecule has 7 heteroatoms. The van der Waals surface area contributed by atoms with Gasteiger partial charge in [0, 0.05) is 6.07 Å². The van der Waals surface area contributed by atoms with Gasteiger partial charge in [-0.05, 0) is 11.2 Å². The van der Waals surface area contributed by atoms with Gasteiger partial charge < -0.3 is 4.52 Å². The topological polar surface area (TPSA) is 80.4 Å². The van der Waals surface area contributed by atoms with Gasteiger partial charge in [0.05, 0.1) is 16.5 Å². The van der Waals surface area contributed by atoms with Gasteiger partial charge in [0.25, 0.3) is 4.21 Å². The fraction of sp³-hybridized carbons (Fsp3) is 0. The van der Waals surface area contributed by atoms with Gasteiger partial charge in [-0.15, -0.1) is 0 Å². The standard InChI is InChI=1S/C7H5NO4S2/c9-14(10,11)7-2-1-5-13(7)6-3-4-12-8-6/h1-5H/p+1. The molecular weight excluding hydrogens is 226 g/mol. The molecule has 0 saturated heterocycles. The van der Waals surface area contributed by atoms with E-state index in [1.54, 1.807) is 17.5 Å². The third-order valence-electron chi connectivity index (χ3n) is 1.56. The van der Waals surface area contributed by atoms with Gasteiger partial charge in [-0.1, -0.05) is 0 Å². The largest absolute Gasteiger partial charge is 0.360 e. The molecule has 0 radical (unpaired) electrons. The van der Waals surface area contributed by atoms with E-state index in [9.17, 15) is 8.42 Å². The zero-order chi connectivity index (χ0) is 10.2. The lowest BCUT2D eigenvalue weighted by atomic mass is 10.7. The van der Waals surface area contributed by atoms with Crippen molar-refractivity contribution in [2.45, 2.75) is 4.21 Å². The van der Waals surface area contributed by atoms with E-state index in [1.165, 1.54) is 12.3 Å². The van der Waals surface area contributed by atoms with Crippen molar-refractivity contribution in [3.63, 3.8) is 0 Å². The number of thiophene rings is 1. The molecule has 0 spiro atoms. The van der Waals surface area contributed by atoms with Crippen LogP contribution < -0.4 is 0 Å². The van der Waals surface area contributed by atoms with Crippen molar-refractivity contribution in [2.24, 2.45) is 0 Å². The predicted molar refractivity (Wildman–Crippen MR) is 50.1 cm³/mol. The molecule has 2 rings (SSSR count). The maximum atomic E-state index is 10.9. The second-order valence-corrected chi connectivity index (χ2v) is 5.92. The van der Waals surface area contributed by atoms with Crippen LogP contribution in [0.3, 0.4) is 0 Å². The molecule has 0 saturated carbocycles. The summed E-state index contributed by atoms with van der Waals surface area (Å²) in [6, 6.07) is 4.49. The van der Waals surface area contributed by atoms with Gasteiger partial charge >= 0.3 is 15.1 Å². The van der Waals surface area contributed by atoms with E-state index in [4.69, 9.17) is 4.55 Å². The fourth-order valence-corrected chi connectivity index (χ4v) is 3.87. The molecule has 5 nitrogen and oxygen atoms in total. The van der Waals surface area contributed by atoms with E-state index in [0.29, 0.717) is 5.03 Å². The molecule has 0 aliphatic carbocycles. The van der Waals surface area contributed by atoms with Crippen LogP contribution >= 0.6 is 10.5 Å². The summed E-state index contributed by atoms with van der Waals surface area (Å²) in [5, 5.41) is 5.77. The number of nitrogens with zero attached hydrogens (tertiary/aromatic N) is 1. The number of rotatable bonds is 2. The average molecular weight is 232 g/mol. The summed E-state index contributed by atoms with van der Waals surface area (Å²) in [7, 11) is -4.98. The lowest BCUT2D eigenvalue weighted by Gasteiger charge is -1.86. The van der Waals surface area contributed by atoms with Crippen molar-refractivity contribution in [2.75, 3.05) is 0 Å². The Balaban J connectivity index is 2.62. The van der Waals surface area contributed by atoms with E-state index >= 15 is 0 Å². The van der Waals surface area contributed by atoms with E-state index < -0.39 is 20.6 Å². The molecule has 2 heterocycles. The molecule has 0 aliphatic heterocycles. The molecule has 0 aromatic carbocycles. The Morgan fingerprint density at radius 1 is 1.43 bits per heavy atom. The maximum Gasteiger partial charge on any atom is 0.344 e. The first kappa shape index (κ1) is 9.38. The average Bonchev–Trinajstić information content (AvgIpc) is 2.73. The van der Waals surface area contributed by atoms with Crippen LogP contribution in [0.4, 0.5) is 0 Å². The third-order valence-corrected chi connectivity index (χ3v) is 5.03. The zero-order valence-electron chi connectivity index (χ0n) is 6.82. The number of hydrogen-bond acceptors (Lipinski definition) is 4. The SMILES string of the molecule is O=S(=O)(O)c1ccc[s+]1-c1ccon1. The Bertz CT molecular complexity index is 526. The smallest absolute Gasteiger partial charge is 0.344 e. The van der Waals surface area contributed by atoms with Crippen LogP contribution in [0.2, 0.25) is 0 Å². The molecule has 0 bridgehead atoms. The highest BCUT2D eigenvalue weighted by Crippen LogP contribution is 2.36. The second-order valence-electron chi connectivity index (χ2n) is 2.46. The van der Waals surface area contributed by atoms with Crippen LogP contribution in [0.1, 0.15) is 0 Å². The lowest BCUT2D eigenvalue weighted by Crippen LogP contribution is -1.95. The summed E-state index contributed by atoms with van der Waals surface area (Å²) < 4.78 is 35.3. The predicted octanol–water partition coefficient (Wildman–Crippen LogP) is 1.66. The van der Waals surface area contributed by atoms with Gasteiger partial charge in [-0.25, -0.2) is 0 Å². The van der Waals surface area contributed by atoms with Crippen LogP contribution in [0, 0.1) is 0 Å². The first-order valence-corrected chi connectivity index (χ1v) is 6.31. The molecule has 2 aromatic heterocycles. The summed E-state index contributed by atoms with van der Waals surface area (Å²) in [6.07, 6.45) is 1.36. The quantitative estimate of drug-likeness (QED) is 0.629. The minimum Gasteiger partial charge on any atom is -0.360 e. The number of aromatic nitrogens is 1. The maximum absolute atomic E-state index is 10.9. The molecule has 74 valence electrons. The van der Waals surface area contributed by atoms with Crippen molar-refractivity contribution in [1.29, 1.82) is 0 Å². The molecule has 0 fully saturated rings. The minimum absolute atomic E-state index is 0.0496. The Kier molecular flexibility index (Phi) is 2.14. The van der Waals surface area contributed by atoms with Gasteiger partial charge in [0.15, 0.2) is 0 Å². The zero-order valence-corrected chi connectivity index (χ0v) is 8.46. The molecule has 1 unspecified atom stereocenters. The molecule has 1 N–H and O–H groups in total. The van der Waals surface area contributed by atoms with Crippen molar-refractivity contribution < 1.29 is 17.5 Å². The Morgan fingerprint density at radius 2 is 2.21 bits per heavy atom. The summed E-state index contributed by atoms with van der Waals surface area (Å²) in [5.74, 6) is 0. The Morgan fingerprint density at radius 3 is 2.79 bits per heavy atom. The van der Waals surface area contributed by atoms with Crippen molar-refractivity contribution in [3.05, 3.63) is 29.8 Å². The van der Waals surface area contributed by atoms with Gasteiger partial charge in [-0.2, -0.15) is 8.42 Å². The lowest BCUT2D eigenvalue weighted by molar-refractivity contribution is 0.424. The summed E-state index contributed by atoms with van der Waals surface area (Å²) in [5.41, 5.74) is 0. The minimum atomic E-state index is -4.15. The molecule has 1 atom stereocenters. The molecule has 2 aromatic rings. The van der Waals surface area contributed by atoms with Crippen LogP contribution in [-0.2, 0) is 10.1 Å². The monoisotopic (exact) mass is 232 g/mol. The van der Waals surface area contributed by atoms with Gasteiger partial charge in [-0.3, -0.25) is 4.55 Å². The molecule has 14 heavy (non-hydrogen) atoms. The Labute approximate surface area is 82.7 Å². The van der Waals surface area contributed by atoms with Crippen molar-refractivity contribution in [1.82, 2.24) is 5.16 Å². The molecule has 0 aliphatic rings. The highest BCUT2D eigenvalue weighted by Gasteiger charge is 2.28. The first-order chi connectivity index (χ1) is 6.59. The molecular formula is C7H6NO4S2+. The number of hydrogen-bond donors (Lipinski definition) is 1. The van der Waals surface area contributed by atoms with Crippen LogP contribution in [0.25, 0.3) is 5.03 Å². The van der Waals surface area contributed by atoms with E-state index in [0.717, 1.165) is 0 Å². The first-order valence-electron chi connectivity index (χ1n) is 3.58. The summed E-state index contributed by atoms with van der Waals surface area (Å²) >= 11 is 0. The highest BCUT2D eigenvalue weighted by molar-refractivity contribution is 7.89. The third kappa shape index (κ3) is 1.57. The Hall–Kier alpha value is -1.18. The van der Waals surface area contributed by atoms with E-state index in [2.05, 4.69) is 9.68 Å². The van der Waals surface area contributed by atoms with Crippen LogP contribution in [-0.4, -0.2) is 18.1 Å². The fourth-order valence-electron chi connectivity index (χ4n) is 1.02. The summed E-state index contributed by atoms with van der Waals surface area (Å²) in [6.45, 7) is 0. The normalized spacial score (nSPS) is 13.1.